The average molecular weight is 229 g/mol. The van der Waals surface area contributed by atoms with Gasteiger partial charge in [0.05, 0.1) is 6.61 Å². The van der Waals surface area contributed by atoms with Crippen molar-refractivity contribution in [3.05, 3.63) is 0 Å². The first-order valence-electron chi connectivity index (χ1n) is 6.38. The molecule has 0 aliphatic rings. The maximum Gasteiger partial charge on any atom is 0.127 e. The zero-order valence-electron chi connectivity index (χ0n) is 11.3. The summed E-state index contributed by atoms with van der Waals surface area (Å²) in [7, 11) is 0. The summed E-state index contributed by atoms with van der Waals surface area (Å²) >= 11 is 0. The molecular weight excluding hydrogens is 202 g/mol. The van der Waals surface area contributed by atoms with Gasteiger partial charge in [-0.2, -0.15) is 0 Å². The quantitative estimate of drug-likeness (QED) is 0.425. The minimum Gasteiger partial charge on any atom is -0.380 e. The molecule has 0 fully saturated rings. The molecule has 0 radical (unpaired) electrons. The second-order valence-corrected chi connectivity index (χ2v) is 4.59. The molecule has 3 heteroatoms. The largest absolute Gasteiger partial charge is 0.380 e. The third-order valence-electron chi connectivity index (χ3n) is 2.89. The Morgan fingerprint density at radius 1 is 1.31 bits per heavy atom. The lowest BCUT2D eigenvalue weighted by Gasteiger charge is -2.30. The second kappa shape index (κ2) is 8.71. The van der Waals surface area contributed by atoms with Crippen molar-refractivity contribution < 1.29 is 9.53 Å². The molecule has 0 aromatic heterocycles. The maximum atomic E-state index is 11.1. The molecule has 3 nitrogen and oxygen atoms in total. The highest BCUT2D eigenvalue weighted by molar-refractivity contribution is 5.58. The molecule has 0 amide bonds. The van der Waals surface area contributed by atoms with E-state index < -0.39 is 0 Å². The van der Waals surface area contributed by atoms with E-state index in [2.05, 4.69) is 18.7 Å². The molecule has 1 atom stereocenters. The zero-order valence-corrected chi connectivity index (χ0v) is 11.3. The van der Waals surface area contributed by atoms with Gasteiger partial charge in [-0.3, -0.25) is 0 Å². The highest BCUT2D eigenvalue weighted by Gasteiger charge is 2.24. The van der Waals surface area contributed by atoms with Gasteiger partial charge in [0, 0.05) is 25.1 Å². The summed E-state index contributed by atoms with van der Waals surface area (Å²) in [6.45, 7) is 12.5. The first kappa shape index (κ1) is 15.6. The van der Waals surface area contributed by atoms with Crippen molar-refractivity contribution in [2.75, 3.05) is 32.8 Å². The molecule has 0 saturated carbocycles. The van der Waals surface area contributed by atoms with Crippen LogP contribution >= 0.6 is 0 Å². The highest BCUT2D eigenvalue weighted by atomic mass is 16.5. The predicted octanol–water partition coefficient (Wildman–Crippen LogP) is 2.35. The van der Waals surface area contributed by atoms with Gasteiger partial charge in [0.2, 0.25) is 0 Å². The zero-order chi connectivity index (χ0) is 12.4. The molecule has 0 saturated heterocycles. The highest BCUT2D eigenvalue weighted by Crippen LogP contribution is 2.21. The molecule has 0 bridgehead atoms. The number of hydrogen-bond acceptors (Lipinski definition) is 3. The molecule has 0 aromatic carbocycles. The molecule has 0 N–H and O–H groups in total. The summed E-state index contributed by atoms with van der Waals surface area (Å²) < 4.78 is 5.34. The Kier molecular flexibility index (Phi) is 8.49. The average Bonchev–Trinajstić information content (AvgIpc) is 2.28. The molecule has 0 aliphatic heterocycles. The predicted molar refractivity (Wildman–Crippen MR) is 67.7 cm³/mol. The van der Waals surface area contributed by atoms with E-state index in [-0.39, 0.29) is 5.41 Å². The van der Waals surface area contributed by atoms with Gasteiger partial charge in [-0.05, 0) is 19.9 Å². The maximum absolute atomic E-state index is 11.1. The first-order valence-corrected chi connectivity index (χ1v) is 6.38. The van der Waals surface area contributed by atoms with Crippen molar-refractivity contribution >= 4 is 6.29 Å². The standard InChI is InChI=1S/C13H27NO2/c1-5-8-13(4,12-15)11-14(6-2)9-10-16-7-3/h12H,5-11H2,1-4H3. The van der Waals surface area contributed by atoms with Crippen molar-refractivity contribution in [3.8, 4) is 0 Å². The van der Waals surface area contributed by atoms with Gasteiger partial charge in [0.25, 0.3) is 0 Å². The Hall–Kier alpha value is -0.410. The van der Waals surface area contributed by atoms with E-state index in [1.165, 1.54) is 0 Å². The molecule has 0 aliphatic carbocycles. The van der Waals surface area contributed by atoms with Crippen molar-refractivity contribution in [2.24, 2.45) is 5.41 Å². The fourth-order valence-corrected chi connectivity index (χ4v) is 1.94. The number of likely N-dealkylation sites (N-methyl/N-ethyl adjacent to an activating group) is 1. The fraction of sp³-hybridized carbons (Fsp3) is 0.923. The first-order chi connectivity index (χ1) is 7.61. The minimum atomic E-state index is -0.197. The van der Waals surface area contributed by atoms with Crippen molar-refractivity contribution in [3.63, 3.8) is 0 Å². The lowest BCUT2D eigenvalue weighted by Crippen LogP contribution is -2.38. The van der Waals surface area contributed by atoms with Gasteiger partial charge in [-0.1, -0.05) is 27.2 Å². The lowest BCUT2D eigenvalue weighted by atomic mass is 9.87. The fourth-order valence-electron chi connectivity index (χ4n) is 1.94. The van der Waals surface area contributed by atoms with E-state index in [4.69, 9.17) is 4.74 Å². The number of nitrogens with zero attached hydrogens (tertiary/aromatic N) is 1. The Morgan fingerprint density at radius 3 is 2.44 bits per heavy atom. The normalized spacial score (nSPS) is 15.1. The summed E-state index contributed by atoms with van der Waals surface area (Å²) in [6.07, 6.45) is 3.12. The van der Waals surface area contributed by atoms with Gasteiger partial charge in [0.1, 0.15) is 6.29 Å². The van der Waals surface area contributed by atoms with Crippen LogP contribution in [-0.4, -0.2) is 44.0 Å². The van der Waals surface area contributed by atoms with Crippen LogP contribution in [0.5, 0.6) is 0 Å². The number of rotatable bonds is 10. The Balaban J connectivity index is 4.10. The van der Waals surface area contributed by atoms with E-state index in [1.54, 1.807) is 0 Å². The van der Waals surface area contributed by atoms with Crippen LogP contribution in [0.1, 0.15) is 40.5 Å². The van der Waals surface area contributed by atoms with Gasteiger partial charge < -0.3 is 14.4 Å². The van der Waals surface area contributed by atoms with Crippen LogP contribution in [0.3, 0.4) is 0 Å². The molecule has 96 valence electrons. The van der Waals surface area contributed by atoms with Crippen LogP contribution in [-0.2, 0) is 9.53 Å². The number of ether oxygens (including phenoxy) is 1. The molecule has 16 heavy (non-hydrogen) atoms. The van der Waals surface area contributed by atoms with E-state index in [9.17, 15) is 4.79 Å². The molecule has 0 heterocycles. The number of carbonyl (C=O) groups excluding carboxylic acids is 1. The minimum absolute atomic E-state index is 0.197. The number of hydrogen-bond donors (Lipinski definition) is 0. The summed E-state index contributed by atoms with van der Waals surface area (Å²) in [5, 5.41) is 0. The molecule has 1 unspecified atom stereocenters. The second-order valence-electron chi connectivity index (χ2n) is 4.59. The monoisotopic (exact) mass is 229 g/mol. The SMILES string of the molecule is CCCC(C)(C=O)CN(CC)CCOCC. The van der Waals surface area contributed by atoms with Gasteiger partial charge in [0.15, 0.2) is 0 Å². The topological polar surface area (TPSA) is 29.5 Å². The lowest BCUT2D eigenvalue weighted by molar-refractivity contribution is -0.116. The van der Waals surface area contributed by atoms with Gasteiger partial charge in [-0.25, -0.2) is 0 Å². The van der Waals surface area contributed by atoms with Crippen LogP contribution in [0.15, 0.2) is 0 Å². The van der Waals surface area contributed by atoms with Crippen LogP contribution < -0.4 is 0 Å². The Morgan fingerprint density at radius 2 is 2.00 bits per heavy atom. The van der Waals surface area contributed by atoms with Crippen LogP contribution in [0.2, 0.25) is 0 Å². The van der Waals surface area contributed by atoms with Gasteiger partial charge in [-0.15, -0.1) is 0 Å². The molecule has 0 spiro atoms. The molecule has 0 rings (SSSR count). The van der Waals surface area contributed by atoms with Crippen molar-refractivity contribution in [2.45, 2.75) is 40.5 Å². The van der Waals surface area contributed by atoms with Crippen molar-refractivity contribution in [1.29, 1.82) is 0 Å². The molecular formula is C13H27NO2. The van der Waals surface area contributed by atoms with E-state index in [0.29, 0.717) is 0 Å². The van der Waals surface area contributed by atoms with E-state index in [0.717, 1.165) is 52.0 Å². The smallest absolute Gasteiger partial charge is 0.127 e. The van der Waals surface area contributed by atoms with Gasteiger partial charge >= 0.3 is 0 Å². The molecule has 0 aromatic rings. The Bertz CT molecular complexity index is 185. The number of aldehydes is 1. The summed E-state index contributed by atoms with van der Waals surface area (Å²) in [5.41, 5.74) is -0.197. The van der Waals surface area contributed by atoms with Crippen molar-refractivity contribution in [1.82, 2.24) is 4.90 Å². The third-order valence-corrected chi connectivity index (χ3v) is 2.89. The summed E-state index contributed by atoms with van der Waals surface area (Å²) in [5.74, 6) is 0. The van der Waals surface area contributed by atoms with Crippen LogP contribution in [0, 0.1) is 5.41 Å². The van der Waals surface area contributed by atoms with E-state index >= 15 is 0 Å². The van der Waals surface area contributed by atoms with E-state index in [1.807, 2.05) is 13.8 Å². The third kappa shape index (κ3) is 6.23. The van der Waals surface area contributed by atoms with Crippen LogP contribution in [0.4, 0.5) is 0 Å². The summed E-state index contributed by atoms with van der Waals surface area (Å²) in [6, 6.07) is 0. The number of carbonyl (C=O) groups is 1. The van der Waals surface area contributed by atoms with Crippen LogP contribution in [0.25, 0.3) is 0 Å². The summed E-state index contributed by atoms with van der Waals surface area (Å²) in [4.78, 5) is 13.4. The Labute approximate surface area is 100 Å².